The first kappa shape index (κ1) is 39.2. The van der Waals surface area contributed by atoms with E-state index < -0.39 is 0 Å². The van der Waals surface area contributed by atoms with Gasteiger partial charge in [-0.2, -0.15) is 15.3 Å². The number of benzene rings is 6. The third-order valence-corrected chi connectivity index (χ3v) is 10.6. The maximum absolute atomic E-state index is 4.54. The van der Waals surface area contributed by atoms with Crippen molar-refractivity contribution in [1.82, 2.24) is 44.3 Å². The van der Waals surface area contributed by atoms with E-state index in [1.165, 1.54) is 0 Å². The molecule has 0 bridgehead atoms. The molecule has 0 atom stereocenters. The van der Waals surface area contributed by atoms with Crippen molar-refractivity contribution in [3.63, 3.8) is 0 Å². The number of aryl methyl sites for hydroxylation is 3. The molecule has 0 saturated heterocycles. The zero-order valence-corrected chi connectivity index (χ0v) is 35.3. The van der Waals surface area contributed by atoms with Crippen LogP contribution >= 0.6 is 0 Å². The van der Waals surface area contributed by atoms with Crippen LogP contribution in [0, 0.1) is 44.9 Å². The Morgan fingerprint density at radius 1 is 0.407 bits per heavy atom. The Morgan fingerprint density at radius 3 is 1.02 bits per heavy atom. The quantitative estimate of drug-likeness (QED) is 0.114. The molecule has 0 N–H and O–H groups in total. The van der Waals surface area contributed by atoms with Gasteiger partial charge < -0.3 is 13.7 Å². The van der Waals surface area contributed by atoms with E-state index in [0.717, 1.165) is 104 Å². The molecule has 0 saturated carbocycles. The molecule has 0 radical (unpaired) electrons. The molecule has 0 amide bonds. The van der Waals surface area contributed by atoms with Crippen molar-refractivity contribution < 1.29 is 20.1 Å². The summed E-state index contributed by atoms with van der Waals surface area (Å²) in [6, 6.07) is 54.8. The van der Waals surface area contributed by atoms with Crippen LogP contribution < -0.4 is 0 Å². The summed E-state index contributed by atoms with van der Waals surface area (Å²) < 4.78 is 6.11. The Kier molecular flexibility index (Phi) is 11.6. The van der Waals surface area contributed by atoms with E-state index in [4.69, 9.17) is 0 Å². The van der Waals surface area contributed by atoms with Gasteiger partial charge in [0.05, 0.1) is 17.5 Å². The van der Waals surface area contributed by atoms with Gasteiger partial charge in [-0.15, -0.1) is 121 Å². The zero-order chi connectivity index (χ0) is 39.4. The first-order chi connectivity index (χ1) is 28.5. The molecule has 9 rings (SSSR count). The predicted molar refractivity (Wildman–Crippen MR) is 226 cm³/mol. The Balaban J connectivity index is 0.00000484. The first-order valence-electron chi connectivity index (χ1n) is 19.4. The number of hydrogen-bond donors (Lipinski definition) is 0. The van der Waals surface area contributed by atoms with E-state index in [2.05, 4.69) is 161 Å². The average Bonchev–Trinajstić information content (AvgIpc) is 4.04. The van der Waals surface area contributed by atoms with Crippen molar-refractivity contribution in [3.8, 4) is 51.2 Å². The smallest absolute Gasteiger partial charge is 0.322 e. The van der Waals surface area contributed by atoms with E-state index in [1.54, 1.807) is 19.0 Å². The molecular weight excluding hydrogens is 907 g/mol. The molecule has 0 aliphatic rings. The molecule has 0 unspecified atom stereocenters. The van der Waals surface area contributed by atoms with Gasteiger partial charge >= 0.3 is 20.1 Å². The van der Waals surface area contributed by atoms with Gasteiger partial charge in [-0.1, -0.05) is 54.6 Å². The number of hydrogen-bond acceptors (Lipinski definition) is 6. The van der Waals surface area contributed by atoms with Gasteiger partial charge in [-0.05, 0) is 80.8 Å². The fraction of sp³-hybridized carbons (Fsp3) is 0.143. The monoisotopic (exact) mass is 947 g/mol. The number of para-hydroxylation sites is 3. The molecule has 290 valence electrons. The van der Waals surface area contributed by atoms with Crippen LogP contribution in [0.1, 0.15) is 33.4 Å². The number of rotatable bonds is 12. The van der Waals surface area contributed by atoms with E-state index in [9.17, 15) is 0 Å². The van der Waals surface area contributed by atoms with Crippen LogP contribution in [0.5, 0.6) is 0 Å². The third-order valence-electron chi connectivity index (χ3n) is 10.6. The van der Waals surface area contributed by atoms with Crippen LogP contribution in [-0.2, 0) is 39.4 Å². The van der Waals surface area contributed by atoms with Gasteiger partial charge in [0.15, 0.2) is 0 Å². The first-order valence-corrected chi connectivity index (χ1v) is 19.4. The van der Waals surface area contributed by atoms with E-state index >= 15 is 0 Å². The summed E-state index contributed by atoms with van der Waals surface area (Å²) in [5.74, 6) is 2.43. The molecule has 10 heteroatoms. The second-order valence-corrected chi connectivity index (χ2v) is 14.7. The molecule has 0 spiro atoms. The van der Waals surface area contributed by atoms with Crippen LogP contribution in [-0.4, -0.2) is 44.3 Å². The fourth-order valence-corrected chi connectivity index (χ4v) is 7.73. The third kappa shape index (κ3) is 8.37. The van der Waals surface area contributed by atoms with Gasteiger partial charge in [0.25, 0.3) is 0 Å². The summed E-state index contributed by atoms with van der Waals surface area (Å²) in [6.07, 6.45) is 7.61. The summed E-state index contributed by atoms with van der Waals surface area (Å²) in [6.45, 7) is 6.29. The second kappa shape index (κ2) is 17.5. The Bertz CT molecular complexity index is 2540. The van der Waals surface area contributed by atoms with Crippen LogP contribution in [0.4, 0.5) is 0 Å². The minimum atomic E-state index is 0. The van der Waals surface area contributed by atoms with E-state index in [0.29, 0.717) is 0 Å². The molecule has 0 aliphatic carbocycles. The van der Waals surface area contributed by atoms with Crippen molar-refractivity contribution in [1.29, 1.82) is 0 Å². The van der Waals surface area contributed by atoms with Crippen LogP contribution in [0.2, 0.25) is 0 Å². The molecule has 59 heavy (non-hydrogen) atoms. The van der Waals surface area contributed by atoms with Gasteiger partial charge in [-0.3, -0.25) is 0 Å². The van der Waals surface area contributed by atoms with Crippen LogP contribution in [0.15, 0.2) is 146 Å². The summed E-state index contributed by atoms with van der Waals surface area (Å²) in [5.41, 5.74) is 12.5. The van der Waals surface area contributed by atoms with E-state index in [1.807, 2.05) is 50.1 Å². The Morgan fingerprint density at radius 2 is 0.712 bits per heavy atom. The molecule has 9 aromatic rings. The maximum atomic E-state index is 4.54. The van der Waals surface area contributed by atoms with Crippen molar-refractivity contribution in [2.45, 2.75) is 40.0 Å². The standard InChI is InChI=1S/C49H40N9.Ir/c1-34-13-4-7-22-44(34)56-31-50-53-47(56)41-19-10-16-37(28-41)25-40(26-38-17-11-20-42(29-38)48-54-51-32-57(48)45-23-8-5-14-35(45)2)27-39-18-12-21-43(30-39)49-55-52-33-58(49)46-24-9-6-15-36(46)3;/h4-24,31-33,40H,25-27H2,1-3H3;/q-3;+3. The maximum Gasteiger partial charge on any atom is 3.00 e. The van der Waals surface area contributed by atoms with Crippen molar-refractivity contribution in [2.75, 3.05) is 0 Å². The molecule has 3 heterocycles. The van der Waals surface area contributed by atoms with Crippen molar-refractivity contribution in [3.05, 3.63) is 198 Å². The van der Waals surface area contributed by atoms with Gasteiger partial charge in [0.1, 0.15) is 19.0 Å². The molecule has 3 aromatic heterocycles. The van der Waals surface area contributed by atoms with Crippen molar-refractivity contribution in [2.24, 2.45) is 5.92 Å². The Hall–Kier alpha value is -6.61. The normalized spacial score (nSPS) is 11.2. The largest absolute Gasteiger partial charge is 3.00 e. The number of aromatic nitrogens is 9. The van der Waals surface area contributed by atoms with E-state index in [-0.39, 0.29) is 26.0 Å². The Labute approximate surface area is 357 Å². The van der Waals surface area contributed by atoms with Crippen LogP contribution in [0.3, 0.4) is 0 Å². The predicted octanol–water partition coefficient (Wildman–Crippen LogP) is 9.40. The summed E-state index contributed by atoms with van der Waals surface area (Å²) in [5, 5.41) is 26.5. The second-order valence-electron chi connectivity index (χ2n) is 14.7. The topological polar surface area (TPSA) is 92.1 Å². The SMILES string of the molecule is Cc1ccccc1-n1cnnc1-c1[c-]c(CC(Cc2[c-]c(-c3nncn3-c3ccccc3C)ccc2)Cc2[c-]c(-c3nncn3-c3ccccc3C)ccc2)ccc1.[Ir+3]. The fourth-order valence-electron chi connectivity index (χ4n) is 7.73. The minimum absolute atomic E-state index is 0. The molecule has 6 aromatic carbocycles. The van der Waals surface area contributed by atoms with Gasteiger partial charge in [-0.25, -0.2) is 0 Å². The molecule has 0 fully saturated rings. The minimum Gasteiger partial charge on any atom is -0.322 e. The molecule has 9 nitrogen and oxygen atoms in total. The van der Waals surface area contributed by atoms with Gasteiger partial charge in [0, 0.05) is 17.1 Å². The number of nitrogens with zero attached hydrogens (tertiary/aromatic N) is 9. The van der Waals surface area contributed by atoms with Gasteiger partial charge in [0.2, 0.25) is 0 Å². The molecule has 0 aliphatic heterocycles. The summed E-state index contributed by atoms with van der Waals surface area (Å²) in [7, 11) is 0. The van der Waals surface area contributed by atoms with Crippen molar-refractivity contribution >= 4 is 0 Å². The summed E-state index contributed by atoms with van der Waals surface area (Å²) in [4.78, 5) is 0. The zero-order valence-electron chi connectivity index (χ0n) is 32.9. The summed E-state index contributed by atoms with van der Waals surface area (Å²) >= 11 is 0. The average molecular weight is 947 g/mol. The van der Waals surface area contributed by atoms with Crippen LogP contribution in [0.25, 0.3) is 51.2 Å². The molecular formula is C49H40IrN9.